The minimum Gasteiger partial charge on any atom is -0.245 e. The monoisotopic (exact) mass is 359 g/mol. The van der Waals surface area contributed by atoms with Gasteiger partial charge < -0.3 is 0 Å². The van der Waals surface area contributed by atoms with Gasteiger partial charge in [0, 0.05) is 13.0 Å². The summed E-state index contributed by atoms with van der Waals surface area (Å²) in [7, 11) is -3.72. The van der Waals surface area contributed by atoms with Crippen LogP contribution in [0.3, 0.4) is 0 Å². The molecule has 0 saturated heterocycles. The minimum atomic E-state index is -3.72. The van der Waals surface area contributed by atoms with Gasteiger partial charge in [0.1, 0.15) is 6.17 Å². The van der Waals surface area contributed by atoms with E-state index in [-0.39, 0.29) is 17.9 Å². The Kier molecular flexibility index (Phi) is 5.35. The Morgan fingerprint density at radius 1 is 1.08 bits per heavy atom. The molecule has 1 aliphatic rings. The van der Waals surface area contributed by atoms with Gasteiger partial charge in [0.05, 0.1) is 10.9 Å². The molecule has 132 valence electrons. The van der Waals surface area contributed by atoms with Crippen molar-refractivity contribution >= 4 is 10.0 Å². The van der Waals surface area contributed by atoms with E-state index in [1.54, 1.807) is 30.3 Å². The van der Waals surface area contributed by atoms with Crippen molar-refractivity contribution in [2.45, 2.75) is 36.9 Å². The number of hydrogen-bond donors (Lipinski definition) is 0. The highest BCUT2D eigenvalue weighted by molar-refractivity contribution is 7.89. The van der Waals surface area contributed by atoms with Gasteiger partial charge in [-0.1, -0.05) is 60.2 Å². The summed E-state index contributed by atoms with van der Waals surface area (Å²) in [4.78, 5) is 0.213. The Bertz CT molecular complexity index is 832. The zero-order valence-corrected chi connectivity index (χ0v) is 15.0. The molecule has 2 aromatic rings. The van der Waals surface area contributed by atoms with Crippen LogP contribution in [0.15, 0.2) is 71.6 Å². The summed E-state index contributed by atoms with van der Waals surface area (Å²) in [5.74, 6) is 0. The maximum absolute atomic E-state index is 15.0. The highest BCUT2D eigenvalue weighted by Crippen LogP contribution is 2.27. The van der Waals surface area contributed by atoms with Crippen LogP contribution in [0.25, 0.3) is 0 Å². The van der Waals surface area contributed by atoms with Gasteiger partial charge in [-0.3, -0.25) is 0 Å². The predicted octanol–water partition coefficient (Wildman–Crippen LogP) is 3.90. The van der Waals surface area contributed by atoms with Crippen molar-refractivity contribution < 1.29 is 12.8 Å². The first-order valence-electron chi connectivity index (χ1n) is 8.40. The quantitative estimate of drug-likeness (QED) is 0.760. The van der Waals surface area contributed by atoms with Crippen LogP contribution in [-0.4, -0.2) is 31.5 Å². The van der Waals surface area contributed by atoms with E-state index >= 15 is 0 Å². The third-order valence-corrected chi connectivity index (χ3v) is 6.42. The molecule has 3 rings (SSSR count). The lowest BCUT2D eigenvalue weighted by Crippen LogP contribution is -2.47. The standard InChI is InChI=1S/C20H22FNO2S/c1-16-10-12-18(13-11-16)25(23,24)22-14-6-5-9-20(22)19(21)15-17-7-3-2-4-8-17/h2-8,10-13,19-20H,9,14-15H2,1H3/t19-,20+/m0/s1. The van der Waals surface area contributed by atoms with E-state index in [4.69, 9.17) is 0 Å². The molecule has 1 heterocycles. The summed E-state index contributed by atoms with van der Waals surface area (Å²) < 4.78 is 42.3. The fourth-order valence-electron chi connectivity index (χ4n) is 3.09. The van der Waals surface area contributed by atoms with Crippen LogP contribution >= 0.6 is 0 Å². The number of benzene rings is 2. The van der Waals surface area contributed by atoms with Crippen molar-refractivity contribution in [3.05, 3.63) is 77.9 Å². The second-order valence-electron chi connectivity index (χ2n) is 6.37. The predicted molar refractivity (Wildman–Crippen MR) is 97.7 cm³/mol. The molecule has 1 aliphatic heterocycles. The highest BCUT2D eigenvalue weighted by atomic mass is 32.2. The van der Waals surface area contributed by atoms with Crippen molar-refractivity contribution in [3.8, 4) is 0 Å². The second kappa shape index (κ2) is 7.50. The molecule has 0 fully saturated rings. The largest absolute Gasteiger partial charge is 0.245 e. The van der Waals surface area contributed by atoms with Crippen LogP contribution in [-0.2, 0) is 16.4 Å². The summed E-state index contributed by atoms with van der Waals surface area (Å²) in [5, 5.41) is 0. The summed E-state index contributed by atoms with van der Waals surface area (Å²) >= 11 is 0. The van der Waals surface area contributed by atoms with Crippen LogP contribution in [0.2, 0.25) is 0 Å². The van der Waals surface area contributed by atoms with Crippen LogP contribution < -0.4 is 0 Å². The fourth-order valence-corrected chi connectivity index (χ4v) is 4.70. The Balaban J connectivity index is 1.85. The maximum Gasteiger partial charge on any atom is 0.243 e. The average molecular weight is 359 g/mol. The molecule has 0 N–H and O–H groups in total. The zero-order chi connectivity index (χ0) is 17.9. The third-order valence-electron chi connectivity index (χ3n) is 4.52. The summed E-state index contributed by atoms with van der Waals surface area (Å²) in [6.45, 7) is 2.11. The van der Waals surface area contributed by atoms with Gasteiger partial charge in [-0.05, 0) is 31.0 Å². The first-order chi connectivity index (χ1) is 12.0. The van der Waals surface area contributed by atoms with Crippen LogP contribution in [0.5, 0.6) is 0 Å². The smallest absolute Gasteiger partial charge is 0.243 e. The molecule has 25 heavy (non-hydrogen) atoms. The number of rotatable bonds is 5. The van der Waals surface area contributed by atoms with Crippen molar-refractivity contribution in [2.24, 2.45) is 0 Å². The average Bonchev–Trinajstić information content (AvgIpc) is 2.63. The number of alkyl halides is 1. The molecule has 0 unspecified atom stereocenters. The molecule has 3 nitrogen and oxygen atoms in total. The summed E-state index contributed by atoms with van der Waals surface area (Å²) in [6, 6.07) is 15.4. The van der Waals surface area contributed by atoms with E-state index in [0.29, 0.717) is 6.42 Å². The summed E-state index contributed by atoms with van der Waals surface area (Å²) in [5.41, 5.74) is 1.86. The lowest BCUT2D eigenvalue weighted by molar-refractivity contribution is 0.181. The molecule has 0 saturated carbocycles. The molecule has 0 bridgehead atoms. The zero-order valence-electron chi connectivity index (χ0n) is 14.2. The molecular weight excluding hydrogens is 337 g/mol. The first kappa shape index (κ1) is 17.8. The van der Waals surface area contributed by atoms with Crippen LogP contribution in [0.1, 0.15) is 17.5 Å². The van der Waals surface area contributed by atoms with Crippen molar-refractivity contribution in [2.75, 3.05) is 6.54 Å². The van der Waals surface area contributed by atoms with Gasteiger partial charge in [0.2, 0.25) is 10.0 Å². The van der Waals surface area contributed by atoms with Crippen molar-refractivity contribution in [3.63, 3.8) is 0 Å². The molecule has 2 atom stereocenters. The lowest BCUT2D eigenvalue weighted by Gasteiger charge is -2.34. The molecule has 2 aromatic carbocycles. The van der Waals surface area contributed by atoms with Crippen LogP contribution in [0, 0.1) is 6.92 Å². The second-order valence-corrected chi connectivity index (χ2v) is 8.26. The minimum absolute atomic E-state index is 0.204. The molecule has 0 amide bonds. The van der Waals surface area contributed by atoms with Crippen molar-refractivity contribution in [1.29, 1.82) is 0 Å². The van der Waals surface area contributed by atoms with Gasteiger partial charge >= 0.3 is 0 Å². The van der Waals surface area contributed by atoms with Crippen molar-refractivity contribution in [1.82, 2.24) is 4.31 Å². The molecule has 0 radical (unpaired) electrons. The molecule has 0 aliphatic carbocycles. The van der Waals surface area contributed by atoms with E-state index < -0.39 is 22.2 Å². The fraction of sp³-hybridized carbons (Fsp3) is 0.300. The van der Waals surface area contributed by atoms with E-state index in [9.17, 15) is 12.8 Å². The lowest BCUT2D eigenvalue weighted by atomic mass is 9.99. The Labute approximate surface area is 148 Å². The number of aryl methyl sites for hydroxylation is 1. The van der Waals surface area contributed by atoms with Gasteiger partial charge in [-0.25, -0.2) is 12.8 Å². The maximum atomic E-state index is 15.0. The first-order valence-corrected chi connectivity index (χ1v) is 9.84. The summed E-state index contributed by atoms with van der Waals surface area (Å²) in [6.07, 6.45) is 2.99. The number of halogens is 1. The van der Waals surface area contributed by atoms with E-state index in [2.05, 4.69) is 0 Å². The SMILES string of the molecule is Cc1ccc(S(=O)(=O)N2CC=CC[C@@H]2[C@@H](F)Cc2ccccc2)cc1. The third kappa shape index (κ3) is 3.99. The van der Waals surface area contributed by atoms with Gasteiger partial charge in [-0.2, -0.15) is 4.31 Å². The van der Waals surface area contributed by atoms with Gasteiger partial charge in [-0.15, -0.1) is 0 Å². The number of hydrogen-bond acceptors (Lipinski definition) is 2. The molecule has 0 aromatic heterocycles. The van der Waals surface area contributed by atoms with Gasteiger partial charge in [0.15, 0.2) is 0 Å². The number of sulfonamides is 1. The van der Waals surface area contributed by atoms with Gasteiger partial charge in [0.25, 0.3) is 0 Å². The van der Waals surface area contributed by atoms with Crippen LogP contribution in [0.4, 0.5) is 4.39 Å². The Morgan fingerprint density at radius 3 is 2.44 bits per heavy atom. The Morgan fingerprint density at radius 2 is 1.76 bits per heavy atom. The highest BCUT2D eigenvalue weighted by Gasteiger charge is 2.36. The van der Waals surface area contributed by atoms with E-state index in [1.807, 2.05) is 43.3 Å². The molecule has 5 heteroatoms. The van der Waals surface area contributed by atoms with E-state index in [0.717, 1.165) is 11.1 Å². The Hall–Kier alpha value is -1.98. The molecular formula is C20H22FNO2S. The normalized spacial score (nSPS) is 19.7. The van der Waals surface area contributed by atoms with E-state index in [1.165, 1.54) is 4.31 Å². The topological polar surface area (TPSA) is 37.4 Å². The number of nitrogens with zero attached hydrogens (tertiary/aromatic N) is 1. The molecule has 0 spiro atoms.